The molecule has 4 nitrogen and oxygen atoms in total. The number of hydroxylamine groups is 1. The van der Waals surface area contributed by atoms with Gasteiger partial charge in [-0.05, 0) is 24.6 Å². The fraction of sp³-hybridized carbons (Fsp3) is 0.250. The SMILES string of the molecule is CCOC(=O)c1ccc2c(c1)N([O-])CC=C2. The number of nitrogens with zero attached hydrogens (tertiary/aromatic N) is 1. The molecule has 0 N–H and O–H groups in total. The van der Waals surface area contributed by atoms with Gasteiger partial charge >= 0.3 is 5.97 Å². The second kappa shape index (κ2) is 4.37. The molecule has 0 saturated carbocycles. The van der Waals surface area contributed by atoms with Gasteiger partial charge in [0.2, 0.25) is 0 Å². The van der Waals surface area contributed by atoms with E-state index in [1.165, 1.54) is 0 Å². The van der Waals surface area contributed by atoms with Gasteiger partial charge in [-0.1, -0.05) is 18.2 Å². The highest BCUT2D eigenvalue weighted by molar-refractivity contribution is 5.92. The molecule has 0 atom stereocenters. The first-order valence-corrected chi connectivity index (χ1v) is 5.14. The summed E-state index contributed by atoms with van der Waals surface area (Å²) in [6, 6.07) is 4.99. The maximum absolute atomic E-state index is 11.5. The van der Waals surface area contributed by atoms with Crippen LogP contribution in [0.25, 0.3) is 6.08 Å². The monoisotopic (exact) mass is 218 g/mol. The van der Waals surface area contributed by atoms with Crippen molar-refractivity contribution in [2.24, 2.45) is 0 Å². The lowest BCUT2D eigenvalue weighted by Crippen LogP contribution is -2.19. The molecule has 0 radical (unpaired) electrons. The summed E-state index contributed by atoms with van der Waals surface area (Å²) in [6.07, 6.45) is 3.66. The van der Waals surface area contributed by atoms with Gasteiger partial charge in [-0.15, -0.1) is 0 Å². The van der Waals surface area contributed by atoms with Crippen molar-refractivity contribution >= 4 is 17.7 Å². The first-order valence-electron chi connectivity index (χ1n) is 5.14. The zero-order valence-corrected chi connectivity index (χ0v) is 8.97. The van der Waals surface area contributed by atoms with Crippen molar-refractivity contribution < 1.29 is 9.53 Å². The molecule has 1 aliphatic heterocycles. The topological polar surface area (TPSA) is 52.6 Å². The van der Waals surface area contributed by atoms with Crippen LogP contribution in [0.15, 0.2) is 24.3 Å². The number of anilines is 1. The van der Waals surface area contributed by atoms with Crippen LogP contribution >= 0.6 is 0 Å². The lowest BCUT2D eigenvalue weighted by Gasteiger charge is -2.33. The van der Waals surface area contributed by atoms with Crippen molar-refractivity contribution in [3.05, 3.63) is 40.6 Å². The number of esters is 1. The Labute approximate surface area is 93.7 Å². The fourth-order valence-electron chi connectivity index (χ4n) is 1.62. The van der Waals surface area contributed by atoms with Gasteiger partial charge < -0.3 is 15.0 Å². The van der Waals surface area contributed by atoms with E-state index in [0.717, 1.165) is 10.6 Å². The van der Waals surface area contributed by atoms with Crippen LogP contribution in [-0.2, 0) is 4.74 Å². The van der Waals surface area contributed by atoms with Crippen LogP contribution in [-0.4, -0.2) is 19.1 Å². The molecule has 0 saturated heterocycles. The van der Waals surface area contributed by atoms with Gasteiger partial charge in [0, 0.05) is 12.2 Å². The quantitative estimate of drug-likeness (QED) is 0.714. The second-order valence-corrected chi connectivity index (χ2v) is 3.46. The van der Waals surface area contributed by atoms with E-state index in [0.29, 0.717) is 24.4 Å². The van der Waals surface area contributed by atoms with Gasteiger partial charge in [-0.2, -0.15) is 0 Å². The van der Waals surface area contributed by atoms with Gasteiger partial charge in [0.05, 0.1) is 12.2 Å². The van der Waals surface area contributed by atoms with E-state index in [1.807, 2.05) is 6.08 Å². The summed E-state index contributed by atoms with van der Waals surface area (Å²) in [4.78, 5) is 11.5. The third kappa shape index (κ3) is 1.92. The molecule has 1 aliphatic rings. The van der Waals surface area contributed by atoms with Gasteiger partial charge in [-0.25, -0.2) is 4.79 Å². The van der Waals surface area contributed by atoms with Crippen molar-refractivity contribution in [2.75, 3.05) is 18.2 Å². The largest absolute Gasteiger partial charge is 0.758 e. The summed E-state index contributed by atoms with van der Waals surface area (Å²) in [5.41, 5.74) is 1.76. The maximum Gasteiger partial charge on any atom is 0.338 e. The second-order valence-electron chi connectivity index (χ2n) is 3.46. The molecule has 0 fully saturated rings. The van der Waals surface area contributed by atoms with Crippen LogP contribution < -0.4 is 5.06 Å². The average Bonchev–Trinajstić information content (AvgIpc) is 2.29. The zero-order chi connectivity index (χ0) is 11.5. The van der Waals surface area contributed by atoms with E-state index >= 15 is 0 Å². The highest BCUT2D eigenvalue weighted by Gasteiger charge is 2.11. The minimum Gasteiger partial charge on any atom is -0.758 e. The molecule has 1 heterocycles. The number of hydrogen-bond acceptors (Lipinski definition) is 4. The minimum absolute atomic E-state index is 0.319. The molecule has 0 unspecified atom stereocenters. The Kier molecular flexibility index (Phi) is 2.92. The van der Waals surface area contributed by atoms with Crippen LogP contribution in [0, 0.1) is 5.21 Å². The Morgan fingerprint density at radius 3 is 3.12 bits per heavy atom. The number of fused-ring (bicyclic) bond motifs is 1. The van der Waals surface area contributed by atoms with Crippen LogP contribution in [0.2, 0.25) is 0 Å². The summed E-state index contributed by atoms with van der Waals surface area (Å²) >= 11 is 0. The van der Waals surface area contributed by atoms with Crippen molar-refractivity contribution in [3.63, 3.8) is 0 Å². The average molecular weight is 218 g/mol. The summed E-state index contributed by atoms with van der Waals surface area (Å²) < 4.78 is 4.88. The van der Waals surface area contributed by atoms with Gasteiger partial charge in [0.15, 0.2) is 0 Å². The van der Waals surface area contributed by atoms with E-state index < -0.39 is 5.97 Å². The Morgan fingerprint density at radius 1 is 1.56 bits per heavy atom. The van der Waals surface area contributed by atoms with E-state index in [4.69, 9.17) is 4.74 Å². The first kappa shape index (κ1) is 10.7. The predicted octanol–water partition coefficient (Wildman–Crippen LogP) is 2.19. The highest BCUT2D eigenvalue weighted by Crippen LogP contribution is 2.26. The van der Waals surface area contributed by atoms with Crippen molar-refractivity contribution in [1.82, 2.24) is 0 Å². The normalized spacial score (nSPS) is 13.5. The predicted molar refractivity (Wildman–Crippen MR) is 62.1 cm³/mol. The molecule has 2 rings (SSSR count). The van der Waals surface area contributed by atoms with E-state index in [9.17, 15) is 10.0 Å². The standard InChI is InChI=1S/C12H12NO3/c1-2-16-12(14)10-6-5-9-4-3-7-13(15)11(9)8-10/h3-6,8H,2,7H2,1H3/q-1. The smallest absolute Gasteiger partial charge is 0.338 e. The lowest BCUT2D eigenvalue weighted by molar-refractivity contribution is 0.0526. The third-order valence-corrected chi connectivity index (χ3v) is 2.38. The molecule has 0 spiro atoms. The number of benzene rings is 1. The van der Waals surface area contributed by atoms with Gasteiger partial charge in [0.25, 0.3) is 0 Å². The summed E-state index contributed by atoms with van der Waals surface area (Å²) in [7, 11) is 0. The Balaban J connectivity index is 2.34. The van der Waals surface area contributed by atoms with Crippen LogP contribution in [0.3, 0.4) is 0 Å². The molecule has 16 heavy (non-hydrogen) atoms. The van der Waals surface area contributed by atoms with Crippen LogP contribution in [0.1, 0.15) is 22.8 Å². The molecular weight excluding hydrogens is 206 g/mol. The maximum atomic E-state index is 11.5. The molecular formula is C12H12NO3-. The Bertz CT molecular complexity index is 440. The Hall–Kier alpha value is -1.81. The molecule has 0 amide bonds. The van der Waals surface area contributed by atoms with E-state index in [1.54, 1.807) is 31.2 Å². The lowest BCUT2D eigenvalue weighted by atomic mass is 10.1. The number of carbonyl (C=O) groups excluding carboxylic acids is 1. The molecule has 0 aliphatic carbocycles. The molecule has 0 aromatic heterocycles. The zero-order valence-electron chi connectivity index (χ0n) is 8.97. The number of carbonyl (C=O) groups is 1. The van der Waals surface area contributed by atoms with Gasteiger partial charge in [0.1, 0.15) is 0 Å². The molecule has 0 bridgehead atoms. The number of ether oxygens (including phenoxy) is 1. The van der Waals surface area contributed by atoms with E-state index in [-0.39, 0.29) is 0 Å². The summed E-state index contributed by atoms with van der Waals surface area (Å²) in [6.45, 7) is 2.40. The van der Waals surface area contributed by atoms with Crippen molar-refractivity contribution in [1.29, 1.82) is 0 Å². The number of rotatable bonds is 2. The van der Waals surface area contributed by atoms with Crippen LogP contribution in [0.5, 0.6) is 0 Å². The van der Waals surface area contributed by atoms with Gasteiger partial charge in [-0.3, -0.25) is 0 Å². The van der Waals surface area contributed by atoms with Crippen molar-refractivity contribution in [2.45, 2.75) is 6.92 Å². The number of hydrogen-bond donors (Lipinski definition) is 0. The molecule has 1 aromatic rings. The fourth-order valence-corrected chi connectivity index (χ4v) is 1.62. The van der Waals surface area contributed by atoms with Crippen molar-refractivity contribution in [3.8, 4) is 0 Å². The third-order valence-electron chi connectivity index (χ3n) is 2.38. The molecule has 84 valence electrons. The molecule has 1 aromatic carbocycles. The Morgan fingerprint density at radius 2 is 2.38 bits per heavy atom. The summed E-state index contributed by atoms with van der Waals surface area (Å²) in [5, 5.41) is 12.4. The summed E-state index contributed by atoms with van der Waals surface area (Å²) in [5.74, 6) is -0.395. The van der Waals surface area contributed by atoms with E-state index in [2.05, 4.69) is 0 Å². The molecule has 4 heteroatoms. The van der Waals surface area contributed by atoms with Crippen LogP contribution in [0.4, 0.5) is 5.69 Å². The highest BCUT2D eigenvalue weighted by atomic mass is 16.5. The minimum atomic E-state index is -0.395. The first-order chi connectivity index (χ1) is 7.72.